The minimum absolute atomic E-state index is 0.0289. The minimum Gasteiger partial charge on any atom is -0.347 e. The summed E-state index contributed by atoms with van der Waals surface area (Å²) in [6, 6.07) is 0. The van der Waals surface area contributed by atoms with E-state index in [-0.39, 0.29) is 11.4 Å². The number of allylic oxidation sites excluding steroid dienone is 1. The lowest BCUT2D eigenvalue weighted by molar-refractivity contribution is -0.119. The zero-order valence-corrected chi connectivity index (χ0v) is 9.56. The fourth-order valence-electron chi connectivity index (χ4n) is 0.667. The van der Waals surface area contributed by atoms with E-state index in [4.69, 9.17) is 0 Å². The molecule has 0 bridgehead atoms. The molecule has 0 heterocycles. The molecule has 0 spiro atoms. The summed E-state index contributed by atoms with van der Waals surface area (Å²) in [6.45, 7) is 12.0. The summed E-state index contributed by atoms with van der Waals surface area (Å²) < 4.78 is 0. The largest absolute Gasteiger partial charge is 0.347 e. The lowest BCUT2D eigenvalue weighted by Crippen LogP contribution is -2.47. The molecule has 76 valence electrons. The van der Waals surface area contributed by atoms with Crippen molar-refractivity contribution in [2.75, 3.05) is 0 Å². The van der Waals surface area contributed by atoms with Crippen LogP contribution in [0.1, 0.15) is 41.5 Å². The van der Waals surface area contributed by atoms with Crippen molar-refractivity contribution in [1.29, 1.82) is 0 Å². The van der Waals surface area contributed by atoms with Crippen molar-refractivity contribution in [3.8, 4) is 0 Å². The molecule has 0 unspecified atom stereocenters. The Kier molecular flexibility index (Phi) is 4.18. The van der Waals surface area contributed by atoms with Gasteiger partial charge >= 0.3 is 0 Å². The van der Waals surface area contributed by atoms with E-state index >= 15 is 0 Å². The van der Waals surface area contributed by atoms with Crippen molar-refractivity contribution in [2.45, 2.75) is 47.1 Å². The summed E-state index contributed by atoms with van der Waals surface area (Å²) in [5, 5.41) is 3.00. The molecule has 0 aliphatic heterocycles. The van der Waals surface area contributed by atoms with E-state index in [2.05, 4.69) is 19.2 Å². The standard InChI is InChI=1S/C11H21NO/c1-7-9(4)10(13)12-11(5,6)8(2)3/h7-8H,1-6H3,(H,12,13)/b9-7-. The summed E-state index contributed by atoms with van der Waals surface area (Å²) in [7, 11) is 0. The van der Waals surface area contributed by atoms with Gasteiger partial charge in [-0.05, 0) is 33.6 Å². The van der Waals surface area contributed by atoms with Crippen LogP contribution in [0.25, 0.3) is 0 Å². The van der Waals surface area contributed by atoms with Crippen LogP contribution in [0.4, 0.5) is 0 Å². The van der Waals surface area contributed by atoms with Crippen LogP contribution in [-0.4, -0.2) is 11.4 Å². The first kappa shape index (κ1) is 12.2. The van der Waals surface area contributed by atoms with Crippen molar-refractivity contribution in [3.05, 3.63) is 11.6 Å². The summed E-state index contributed by atoms with van der Waals surface area (Å²) >= 11 is 0. The molecule has 0 radical (unpaired) electrons. The van der Waals surface area contributed by atoms with Gasteiger partial charge in [0.25, 0.3) is 0 Å². The predicted octanol–water partition coefficient (Wildman–Crippen LogP) is 2.50. The Balaban J connectivity index is 4.37. The van der Waals surface area contributed by atoms with Gasteiger partial charge in [0.15, 0.2) is 0 Å². The first-order chi connectivity index (χ1) is 5.81. The van der Waals surface area contributed by atoms with E-state index in [9.17, 15) is 4.79 Å². The highest BCUT2D eigenvalue weighted by Crippen LogP contribution is 2.15. The van der Waals surface area contributed by atoms with Crippen LogP contribution in [0.5, 0.6) is 0 Å². The predicted molar refractivity (Wildman–Crippen MR) is 56.5 cm³/mol. The Labute approximate surface area is 81.4 Å². The third-order valence-corrected chi connectivity index (χ3v) is 2.67. The van der Waals surface area contributed by atoms with Gasteiger partial charge in [0.1, 0.15) is 0 Å². The van der Waals surface area contributed by atoms with Crippen molar-refractivity contribution in [1.82, 2.24) is 5.32 Å². The summed E-state index contributed by atoms with van der Waals surface area (Å²) in [6.07, 6.45) is 1.83. The van der Waals surface area contributed by atoms with Gasteiger partial charge in [0.2, 0.25) is 5.91 Å². The van der Waals surface area contributed by atoms with Crippen LogP contribution >= 0.6 is 0 Å². The van der Waals surface area contributed by atoms with Crippen LogP contribution in [0.3, 0.4) is 0 Å². The molecule has 1 amide bonds. The molecule has 0 fully saturated rings. The molecule has 1 N–H and O–H groups in total. The average molecular weight is 183 g/mol. The van der Waals surface area contributed by atoms with E-state index in [1.54, 1.807) is 0 Å². The van der Waals surface area contributed by atoms with Crippen LogP contribution in [0.2, 0.25) is 0 Å². The van der Waals surface area contributed by atoms with E-state index in [0.717, 1.165) is 5.57 Å². The number of rotatable bonds is 3. The van der Waals surface area contributed by atoms with Crippen LogP contribution in [0.15, 0.2) is 11.6 Å². The quantitative estimate of drug-likeness (QED) is 0.669. The molecule has 13 heavy (non-hydrogen) atoms. The molecule has 0 aromatic rings. The third-order valence-electron chi connectivity index (χ3n) is 2.67. The fraction of sp³-hybridized carbons (Fsp3) is 0.727. The summed E-state index contributed by atoms with van der Waals surface area (Å²) in [5.74, 6) is 0.460. The molecule has 0 aromatic carbocycles. The number of carbonyl (C=O) groups is 1. The second-order valence-electron chi connectivity index (χ2n) is 4.30. The Morgan fingerprint density at radius 3 is 2.15 bits per heavy atom. The first-order valence-electron chi connectivity index (χ1n) is 4.76. The Bertz CT molecular complexity index is 214. The molecule has 2 heteroatoms. The van der Waals surface area contributed by atoms with Gasteiger partial charge in [0.05, 0.1) is 0 Å². The van der Waals surface area contributed by atoms with Crippen LogP contribution < -0.4 is 5.32 Å². The molecule has 0 aromatic heterocycles. The van der Waals surface area contributed by atoms with Gasteiger partial charge in [-0.25, -0.2) is 0 Å². The average Bonchev–Trinajstić information content (AvgIpc) is 2.01. The smallest absolute Gasteiger partial charge is 0.246 e. The van der Waals surface area contributed by atoms with Gasteiger partial charge in [-0.15, -0.1) is 0 Å². The van der Waals surface area contributed by atoms with Gasteiger partial charge in [0, 0.05) is 11.1 Å². The van der Waals surface area contributed by atoms with E-state index in [1.807, 2.05) is 33.8 Å². The highest BCUT2D eigenvalue weighted by molar-refractivity contribution is 5.93. The highest BCUT2D eigenvalue weighted by atomic mass is 16.1. The number of hydrogen-bond acceptors (Lipinski definition) is 1. The number of carbonyl (C=O) groups excluding carboxylic acids is 1. The van der Waals surface area contributed by atoms with Gasteiger partial charge in [-0.3, -0.25) is 4.79 Å². The molecule has 0 rings (SSSR count). The van der Waals surface area contributed by atoms with Gasteiger partial charge < -0.3 is 5.32 Å². The minimum atomic E-state index is -0.138. The van der Waals surface area contributed by atoms with Gasteiger partial charge in [-0.1, -0.05) is 19.9 Å². The SMILES string of the molecule is C/C=C(/C)C(=O)NC(C)(C)C(C)C. The lowest BCUT2D eigenvalue weighted by Gasteiger charge is -2.30. The fourth-order valence-corrected chi connectivity index (χ4v) is 0.667. The van der Waals surface area contributed by atoms with E-state index in [1.165, 1.54) is 0 Å². The molecular weight excluding hydrogens is 162 g/mol. The Hall–Kier alpha value is -0.790. The molecule has 0 saturated carbocycles. The Morgan fingerprint density at radius 1 is 1.38 bits per heavy atom. The molecule has 0 aliphatic rings. The van der Waals surface area contributed by atoms with Crippen LogP contribution in [0, 0.1) is 5.92 Å². The number of hydrogen-bond donors (Lipinski definition) is 1. The summed E-state index contributed by atoms with van der Waals surface area (Å²) in [5.41, 5.74) is 0.634. The summed E-state index contributed by atoms with van der Waals surface area (Å²) in [4.78, 5) is 11.5. The normalized spacial score (nSPS) is 13.3. The molecule has 0 aliphatic carbocycles. The van der Waals surface area contributed by atoms with Gasteiger partial charge in [-0.2, -0.15) is 0 Å². The molecular formula is C11H21NO. The maximum Gasteiger partial charge on any atom is 0.246 e. The maximum absolute atomic E-state index is 11.5. The first-order valence-corrected chi connectivity index (χ1v) is 4.76. The zero-order valence-electron chi connectivity index (χ0n) is 9.56. The van der Waals surface area contributed by atoms with Crippen molar-refractivity contribution < 1.29 is 4.79 Å². The number of amides is 1. The van der Waals surface area contributed by atoms with Crippen molar-refractivity contribution in [2.24, 2.45) is 5.92 Å². The van der Waals surface area contributed by atoms with Crippen molar-refractivity contribution in [3.63, 3.8) is 0 Å². The Morgan fingerprint density at radius 2 is 1.85 bits per heavy atom. The molecule has 0 saturated heterocycles. The van der Waals surface area contributed by atoms with E-state index < -0.39 is 0 Å². The van der Waals surface area contributed by atoms with Crippen LogP contribution in [-0.2, 0) is 4.79 Å². The molecule has 2 nitrogen and oxygen atoms in total. The monoisotopic (exact) mass is 183 g/mol. The second kappa shape index (κ2) is 4.45. The highest BCUT2D eigenvalue weighted by Gasteiger charge is 2.24. The molecule has 0 atom stereocenters. The second-order valence-corrected chi connectivity index (χ2v) is 4.30. The zero-order chi connectivity index (χ0) is 10.6. The maximum atomic E-state index is 11.5. The lowest BCUT2D eigenvalue weighted by atomic mass is 9.90. The third kappa shape index (κ3) is 3.62. The topological polar surface area (TPSA) is 29.1 Å². The number of nitrogens with one attached hydrogen (secondary N) is 1. The van der Waals surface area contributed by atoms with Crippen molar-refractivity contribution >= 4 is 5.91 Å². The van der Waals surface area contributed by atoms with E-state index in [0.29, 0.717) is 5.92 Å².